The van der Waals surface area contributed by atoms with Gasteiger partial charge in [0.2, 0.25) is 5.91 Å². The van der Waals surface area contributed by atoms with Crippen LogP contribution in [0.3, 0.4) is 0 Å². The summed E-state index contributed by atoms with van der Waals surface area (Å²) in [5, 5.41) is 7.71. The van der Waals surface area contributed by atoms with E-state index in [1.165, 1.54) is 30.4 Å². The second-order valence-electron chi connectivity index (χ2n) is 7.51. The number of amides is 4. The molecular formula is C21H22FN7O4. The molecule has 1 saturated heterocycles. The van der Waals surface area contributed by atoms with Crippen molar-refractivity contribution in [1.29, 1.82) is 0 Å². The van der Waals surface area contributed by atoms with E-state index in [9.17, 15) is 18.8 Å². The van der Waals surface area contributed by atoms with Crippen LogP contribution in [0.4, 0.5) is 25.5 Å². The highest BCUT2D eigenvalue weighted by Crippen LogP contribution is 2.29. The van der Waals surface area contributed by atoms with Crippen LogP contribution in [0, 0.1) is 5.82 Å². The van der Waals surface area contributed by atoms with E-state index < -0.39 is 24.0 Å². The van der Waals surface area contributed by atoms with Gasteiger partial charge in [-0.3, -0.25) is 9.69 Å². The lowest BCUT2D eigenvalue weighted by Crippen LogP contribution is -2.43. The van der Waals surface area contributed by atoms with Gasteiger partial charge < -0.3 is 20.7 Å². The maximum atomic E-state index is 14.9. The van der Waals surface area contributed by atoms with Crippen LogP contribution < -0.4 is 20.9 Å². The number of halogens is 1. The average Bonchev–Trinajstić information content (AvgIpc) is 3.18. The number of hydrogen-bond donors (Lipinski definition) is 2. The predicted molar refractivity (Wildman–Crippen MR) is 118 cm³/mol. The summed E-state index contributed by atoms with van der Waals surface area (Å²) in [6.45, 7) is 2.57. The first-order valence-corrected chi connectivity index (χ1v) is 10.2. The molecule has 1 atom stereocenters. The van der Waals surface area contributed by atoms with Crippen molar-refractivity contribution in [2.45, 2.75) is 13.0 Å². The fourth-order valence-corrected chi connectivity index (χ4v) is 3.50. The van der Waals surface area contributed by atoms with E-state index in [0.717, 1.165) is 5.01 Å². The summed E-state index contributed by atoms with van der Waals surface area (Å²) >= 11 is 0. The number of nitrogens with zero attached hydrogens (tertiary/aromatic N) is 5. The van der Waals surface area contributed by atoms with E-state index in [2.05, 4.69) is 15.4 Å². The lowest BCUT2D eigenvalue weighted by Gasteiger charge is -2.26. The fraction of sp³-hybridized carbons (Fsp3) is 0.286. The van der Waals surface area contributed by atoms with Gasteiger partial charge in [0.25, 0.3) is 0 Å². The maximum Gasteiger partial charge on any atom is 0.414 e. The Kier molecular flexibility index (Phi) is 6.07. The summed E-state index contributed by atoms with van der Waals surface area (Å²) in [5.41, 5.74) is 6.44. The zero-order chi connectivity index (χ0) is 23.5. The standard InChI is InChI=1S/C21H22FN7O4/c1-13(30)24-10-16-11-28(21(32)33-16)15-3-4-17(18(22)8-15)14-2-5-19(25-9-14)27-6-7-29(20(23)31)26-12-27/h2-5,8-9,12,16H,6-7,10-11H2,1H3,(H2,23,31)(H,24,30)/t16-/m0/s1. The molecule has 0 unspecified atom stereocenters. The molecule has 2 aliphatic heterocycles. The summed E-state index contributed by atoms with van der Waals surface area (Å²) in [7, 11) is 0. The Morgan fingerprint density at radius 2 is 2.09 bits per heavy atom. The summed E-state index contributed by atoms with van der Waals surface area (Å²) < 4.78 is 20.1. The molecule has 1 fully saturated rings. The molecule has 0 spiro atoms. The second kappa shape index (κ2) is 9.10. The van der Waals surface area contributed by atoms with Crippen LogP contribution in [-0.2, 0) is 9.53 Å². The van der Waals surface area contributed by atoms with Crippen LogP contribution in [0.2, 0.25) is 0 Å². The maximum absolute atomic E-state index is 14.9. The van der Waals surface area contributed by atoms with E-state index in [4.69, 9.17) is 10.5 Å². The third-order valence-electron chi connectivity index (χ3n) is 5.21. The van der Waals surface area contributed by atoms with Gasteiger partial charge in [0.15, 0.2) is 0 Å². The molecule has 0 saturated carbocycles. The van der Waals surface area contributed by atoms with Gasteiger partial charge in [-0.15, -0.1) is 0 Å². The molecule has 0 bridgehead atoms. The number of primary amides is 1. The van der Waals surface area contributed by atoms with Gasteiger partial charge in [0.05, 0.1) is 25.3 Å². The lowest BCUT2D eigenvalue weighted by atomic mass is 10.1. The quantitative estimate of drug-likeness (QED) is 0.702. The van der Waals surface area contributed by atoms with Crippen molar-refractivity contribution < 1.29 is 23.5 Å². The molecule has 33 heavy (non-hydrogen) atoms. The topological polar surface area (TPSA) is 133 Å². The SMILES string of the molecule is CC(=O)NC[C@H]1CN(c2ccc(-c3ccc(N4C=NN(C(N)=O)CC4)nc3)c(F)c2)C(=O)O1. The van der Waals surface area contributed by atoms with E-state index >= 15 is 0 Å². The van der Waals surface area contributed by atoms with Crippen LogP contribution in [0.25, 0.3) is 11.1 Å². The van der Waals surface area contributed by atoms with E-state index in [1.54, 1.807) is 29.2 Å². The van der Waals surface area contributed by atoms with Crippen LogP contribution in [0.1, 0.15) is 6.92 Å². The van der Waals surface area contributed by atoms with Gasteiger partial charge in [-0.1, -0.05) is 0 Å². The van der Waals surface area contributed by atoms with E-state index in [0.29, 0.717) is 35.7 Å². The molecule has 3 N–H and O–H groups in total. The number of ether oxygens (including phenoxy) is 1. The Balaban J connectivity index is 1.45. The number of pyridine rings is 1. The Morgan fingerprint density at radius 1 is 1.27 bits per heavy atom. The zero-order valence-corrected chi connectivity index (χ0v) is 17.8. The van der Waals surface area contributed by atoms with Gasteiger partial charge in [0, 0.05) is 30.8 Å². The molecule has 2 aromatic rings. The Hall–Kier alpha value is -4.22. The first kappa shape index (κ1) is 22.0. The lowest BCUT2D eigenvalue weighted by molar-refractivity contribution is -0.119. The number of anilines is 2. The largest absolute Gasteiger partial charge is 0.442 e. The first-order valence-electron chi connectivity index (χ1n) is 10.2. The number of nitrogens with one attached hydrogen (secondary N) is 1. The van der Waals surface area contributed by atoms with Crippen molar-refractivity contribution in [3.63, 3.8) is 0 Å². The summed E-state index contributed by atoms with van der Waals surface area (Å²) in [6, 6.07) is 7.29. The average molecular weight is 455 g/mol. The molecule has 2 aliphatic rings. The number of rotatable bonds is 5. The zero-order valence-electron chi connectivity index (χ0n) is 17.8. The Labute approximate surface area is 188 Å². The summed E-state index contributed by atoms with van der Waals surface area (Å²) in [5.74, 6) is -0.148. The molecule has 12 heteroatoms. The fourth-order valence-electron chi connectivity index (χ4n) is 3.50. The van der Waals surface area contributed by atoms with Gasteiger partial charge >= 0.3 is 12.1 Å². The number of hydrogen-bond acceptors (Lipinski definition) is 7. The molecule has 0 radical (unpaired) electrons. The van der Waals surface area contributed by atoms with Crippen molar-refractivity contribution in [2.75, 3.05) is 36.0 Å². The molecular weight excluding hydrogens is 433 g/mol. The molecule has 0 aliphatic carbocycles. The highest BCUT2D eigenvalue weighted by Gasteiger charge is 2.32. The molecule has 1 aromatic heterocycles. The minimum Gasteiger partial charge on any atom is -0.442 e. The van der Waals surface area contributed by atoms with Crippen molar-refractivity contribution >= 4 is 35.9 Å². The van der Waals surface area contributed by atoms with Crippen LogP contribution in [0.15, 0.2) is 41.6 Å². The Morgan fingerprint density at radius 3 is 2.70 bits per heavy atom. The minimum absolute atomic E-state index is 0.193. The monoisotopic (exact) mass is 455 g/mol. The summed E-state index contributed by atoms with van der Waals surface area (Å²) in [4.78, 5) is 41.8. The van der Waals surface area contributed by atoms with Crippen molar-refractivity contribution in [1.82, 2.24) is 15.3 Å². The summed E-state index contributed by atoms with van der Waals surface area (Å²) in [6.07, 6.45) is 1.89. The second-order valence-corrected chi connectivity index (χ2v) is 7.51. The number of benzene rings is 1. The van der Waals surface area contributed by atoms with E-state index in [1.807, 2.05) is 0 Å². The number of carbonyl (C=O) groups excluding carboxylic acids is 3. The third kappa shape index (κ3) is 4.84. The molecule has 4 rings (SSSR count). The Bertz CT molecular complexity index is 1110. The molecule has 172 valence electrons. The number of nitrogens with two attached hydrogens (primary N) is 1. The van der Waals surface area contributed by atoms with Gasteiger partial charge in [-0.25, -0.2) is 24.0 Å². The normalized spacial score (nSPS) is 17.8. The molecule has 4 amide bonds. The van der Waals surface area contributed by atoms with E-state index in [-0.39, 0.29) is 19.0 Å². The van der Waals surface area contributed by atoms with Gasteiger partial charge in [0.1, 0.15) is 24.1 Å². The van der Waals surface area contributed by atoms with Crippen LogP contribution >= 0.6 is 0 Å². The van der Waals surface area contributed by atoms with Gasteiger partial charge in [-0.2, -0.15) is 5.10 Å². The van der Waals surface area contributed by atoms with Gasteiger partial charge in [-0.05, 0) is 30.3 Å². The number of aromatic nitrogens is 1. The predicted octanol–water partition coefficient (Wildman–Crippen LogP) is 1.49. The number of carbonyl (C=O) groups is 3. The van der Waals surface area contributed by atoms with Crippen LogP contribution in [0.5, 0.6) is 0 Å². The number of hydrazone groups is 1. The third-order valence-corrected chi connectivity index (χ3v) is 5.21. The van der Waals surface area contributed by atoms with Crippen molar-refractivity contribution in [3.05, 3.63) is 42.3 Å². The van der Waals surface area contributed by atoms with Crippen molar-refractivity contribution in [2.24, 2.45) is 10.8 Å². The van der Waals surface area contributed by atoms with Crippen LogP contribution in [-0.4, -0.2) is 66.6 Å². The number of cyclic esters (lactones) is 1. The highest BCUT2D eigenvalue weighted by molar-refractivity contribution is 5.90. The minimum atomic E-state index is -0.626. The highest BCUT2D eigenvalue weighted by atomic mass is 19.1. The first-order chi connectivity index (χ1) is 15.8. The smallest absolute Gasteiger partial charge is 0.414 e. The molecule has 1 aromatic carbocycles. The number of urea groups is 1. The molecule has 11 nitrogen and oxygen atoms in total. The molecule has 3 heterocycles. The van der Waals surface area contributed by atoms with Crippen molar-refractivity contribution in [3.8, 4) is 11.1 Å².